The van der Waals surface area contributed by atoms with E-state index < -0.39 is 29.7 Å². The van der Waals surface area contributed by atoms with Crippen LogP contribution in [0.4, 0.5) is 13.2 Å². The highest BCUT2D eigenvalue weighted by Gasteiger charge is 2.36. The monoisotopic (exact) mass is 426 g/mol. The summed E-state index contributed by atoms with van der Waals surface area (Å²) >= 11 is 6.33. The number of likely N-dealkylation sites (tertiary alicyclic amines) is 1. The molecule has 2 unspecified atom stereocenters. The van der Waals surface area contributed by atoms with E-state index in [1.807, 2.05) is 17.9 Å². The number of alkyl halides is 3. The Morgan fingerprint density at radius 3 is 2.69 bits per heavy atom. The Labute approximate surface area is 172 Å². The van der Waals surface area contributed by atoms with Crippen LogP contribution in [0.5, 0.6) is 0 Å². The second kappa shape index (κ2) is 8.71. The fraction of sp³-hybridized carbons (Fsp3) is 0.429. The third-order valence-corrected chi connectivity index (χ3v) is 5.67. The number of aromatic nitrogens is 1. The molecule has 1 aromatic carbocycles. The third-order valence-electron chi connectivity index (χ3n) is 5.32. The van der Waals surface area contributed by atoms with Crippen molar-refractivity contribution in [3.63, 3.8) is 0 Å². The van der Waals surface area contributed by atoms with E-state index in [1.54, 1.807) is 12.3 Å². The SMILES string of the molecule is CCc1ccc(C(c2cc(C(F)(F)F)ccc2Cl)N2CCCC(C(=O)O)C2)nc1. The summed E-state index contributed by atoms with van der Waals surface area (Å²) < 4.78 is 40.0. The number of aryl methyl sites for hydroxylation is 1. The Balaban J connectivity index is 2.09. The predicted octanol–water partition coefficient (Wildman–Crippen LogP) is 5.20. The van der Waals surface area contributed by atoms with Gasteiger partial charge in [-0.2, -0.15) is 13.2 Å². The van der Waals surface area contributed by atoms with Gasteiger partial charge in [0.05, 0.1) is 23.2 Å². The number of piperidine rings is 1. The molecule has 0 spiro atoms. The van der Waals surface area contributed by atoms with Crippen LogP contribution >= 0.6 is 11.6 Å². The molecule has 1 aliphatic rings. The normalized spacial score (nSPS) is 19.1. The van der Waals surface area contributed by atoms with E-state index in [1.165, 1.54) is 6.07 Å². The number of rotatable bonds is 5. The molecule has 0 aliphatic carbocycles. The predicted molar refractivity (Wildman–Crippen MR) is 104 cm³/mol. The molecule has 8 heteroatoms. The van der Waals surface area contributed by atoms with Gasteiger partial charge in [0.1, 0.15) is 0 Å². The standard InChI is InChI=1S/C21H22ClF3N2O2/c1-2-13-5-8-18(26-11-13)19(27-9-3-4-14(12-27)20(28)29)16-10-15(21(23,24)25)6-7-17(16)22/h5-8,10-11,14,19H,2-4,9,12H2,1H3,(H,28,29). The topological polar surface area (TPSA) is 53.4 Å². The highest BCUT2D eigenvalue weighted by Crippen LogP contribution is 2.39. The second-order valence-corrected chi connectivity index (χ2v) is 7.66. The van der Waals surface area contributed by atoms with Gasteiger partial charge in [0.15, 0.2) is 0 Å². The van der Waals surface area contributed by atoms with Crippen LogP contribution in [0.15, 0.2) is 36.5 Å². The van der Waals surface area contributed by atoms with Gasteiger partial charge in [0.2, 0.25) is 0 Å². The molecule has 4 nitrogen and oxygen atoms in total. The number of carbonyl (C=O) groups is 1. The maximum absolute atomic E-state index is 13.3. The quantitative estimate of drug-likeness (QED) is 0.713. The first-order chi connectivity index (χ1) is 13.7. The van der Waals surface area contributed by atoms with Crippen LogP contribution in [0, 0.1) is 5.92 Å². The molecule has 0 radical (unpaired) electrons. The first-order valence-corrected chi connectivity index (χ1v) is 9.86. The average molecular weight is 427 g/mol. The van der Waals surface area contributed by atoms with Gasteiger partial charge in [-0.05, 0) is 61.2 Å². The molecule has 2 atom stereocenters. The summed E-state index contributed by atoms with van der Waals surface area (Å²) in [5.74, 6) is -1.48. The number of hydrogen-bond donors (Lipinski definition) is 1. The Morgan fingerprint density at radius 2 is 2.10 bits per heavy atom. The first-order valence-electron chi connectivity index (χ1n) is 9.49. The van der Waals surface area contributed by atoms with Crippen molar-refractivity contribution in [1.29, 1.82) is 0 Å². The number of aliphatic carboxylic acids is 1. The zero-order valence-electron chi connectivity index (χ0n) is 15.9. The number of carboxylic acid groups (broad SMARTS) is 1. The van der Waals surface area contributed by atoms with Crippen molar-refractivity contribution >= 4 is 17.6 Å². The minimum absolute atomic E-state index is 0.196. The van der Waals surface area contributed by atoms with Crippen molar-refractivity contribution < 1.29 is 23.1 Å². The number of benzene rings is 1. The van der Waals surface area contributed by atoms with Gasteiger partial charge in [0.25, 0.3) is 0 Å². The molecule has 1 N–H and O–H groups in total. The van der Waals surface area contributed by atoms with Crippen molar-refractivity contribution in [3.05, 3.63) is 63.9 Å². The van der Waals surface area contributed by atoms with Crippen LogP contribution < -0.4 is 0 Å². The van der Waals surface area contributed by atoms with E-state index in [9.17, 15) is 23.1 Å². The van der Waals surface area contributed by atoms with Gasteiger partial charge in [-0.1, -0.05) is 24.6 Å². The molecule has 1 fully saturated rings. The molecule has 29 heavy (non-hydrogen) atoms. The minimum atomic E-state index is -4.51. The van der Waals surface area contributed by atoms with Gasteiger partial charge in [-0.25, -0.2) is 0 Å². The van der Waals surface area contributed by atoms with Gasteiger partial charge >= 0.3 is 12.1 Å². The molecule has 2 aromatic rings. The van der Waals surface area contributed by atoms with Crippen LogP contribution in [0.2, 0.25) is 5.02 Å². The lowest BCUT2D eigenvalue weighted by Gasteiger charge is -2.37. The average Bonchev–Trinajstić information content (AvgIpc) is 2.69. The molecule has 0 amide bonds. The second-order valence-electron chi connectivity index (χ2n) is 7.25. The Bertz CT molecular complexity index is 871. The lowest BCUT2D eigenvalue weighted by molar-refractivity contribution is -0.143. The maximum atomic E-state index is 13.3. The largest absolute Gasteiger partial charge is 0.481 e. The number of carboxylic acids is 1. The summed E-state index contributed by atoms with van der Waals surface area (Å²) in [4.78, 5) is 17.9. The smallest absolute Gasteiger partial charge is 0.416 e. The molecule has 0 bridgehead atoms. The summed E-state index contributed by atoms with van der Waals surface area (Å²) in [6, 6.07) is 6.25. The number of halogens is 4. The number of pyridine rings is 1. The fourth-order valence-corrected chi connectivity index (χ4v) is 3.94. The number of hydrogen-bond acceptors (Lipinski definition) is 3. The summed E-state index contributed by atoms with van der Waals surface area (Å²) in [7, 11) is 0. The highest BCUT2D eigenvalue weighted by atomic mass is 35.5. The van der Waals surface area contributed by atoms with Crippen LogP contribution in [0.1, 0.15) is 48.2 Å². The molecule has 1 saturated heterocycles. The Hall–Kier alpha value is -2.12. The maximum Gasteiger partial charge on any atom is 0.416 e. The van der Waals surface area contributed by atoms with E-state index >= 15 is 0 Å². The summed E-state index contributed by atoms with van der Waals surface area (Å²) in [6.07, 6.45) is -0.849. The van der Waals surface area contributed by atoms with Crippen LogP contribution in [-0.2, 0) is 17.4 Å². The van der Waals surface area contributed by atoms with Gasteiger partial charge in [0, 0.05) is 17.8 Å². The minimum Gasteiger partial charge on any atom is -0.481 e. The number of nitrogens with zero attached hydrogens (tertiary/aromatic N) is 2. The molecule has 1 aliphatic heterocycles. The Morgan fingerprint density at radius 1 is 1.34 bits per heavy atom. The van der Waals surface area contributed by atoms with Crippen LogP contribution in [0.25, 0.3) is 0 Å². The molecule has 156 valence electrons. The van der Waals surface area contributed by atoms with E-state index in [-0.39, 0.29) is 17.1 Å². The Kier molecular flexibility index (Phi) is 6.49. The third kappa shape index (κ3) is 4.90. The molecule has 0 saturated carbocycles. The van der Waals surface area contributed by atoms with Crippen molar-refractivity contribution in [2.45, 2.75) is 38.4 Å². The summed E-state index contributed by atoms with van der Waals surface area (Å²) in [6.45, 7) is 2.77. The van der Waals surface area contributed by atoms with E-state index in [2.05, 4.69) is 4.98 Å². The first kappa shape index (κ1) is 21.6. The van der Waals surface area contributed by atoms with Gasteiger partial charge in [-0.3, -0.25) is 14.7 Å². The van der Waals surface area contributed by atoms with Crippen LogP contribution in [0.3, 0.4) is 0 Å². The molecular weight excluding hydrogens is 405 g/mol. The van der Waals surface area contributed by atoms with Crippen molar-refractivity contribution in [1.82, 2.24) is 9.88 Å². The van der Waals surface area contributed by atoms with E-state index in [0.717, 1.165) is 24.1 Å². The molecule has 1 aromatic heterocycles. The highest BCUT2D eigenvalue weighted by molar-refractivity contribution is 6.31. The van der Waals surface area contributed by atoms with Crippen molar-refractivity contribution in [3.8, 4) is 0 Å². The zero-order valence-corrected chi connectivity index (χ0v) is 16.7. The van der Waals surface area contributed by atoms with E-state index in [0.29, 0.717) is 25.1 Å². The lowest BCUT2D eigenvalue weighted by Crippen LogP contribution is -2.41. The van der Waals surface area contributed by atoms with Gasteiger partial charge < -0.3 is 5.11 Å². The summed E-state index contributed by atoms with van der Waals surface area (Å²) in [5, 5.41) is 9.63. The van der Waals surface area contributed by atoms with E-state index in [4.69, 9.17) is 11.6 Å². The van der Waals surface area contributed by atoms with Crippen molar-refractivity contribution in [2.24, 2.45) is 5.92 Å². The zero-order chi connectivity index (χ0) is 21.2. The summed E-state index contributed by atoms with van der Waals surface area (Å²) in [5.41, 5.74) is 1.04. The lowest BCUT2D eigenvalue weighted by atomic mass is 9.92. The fourth-order valence-electron chi connectivity index (χ4n) is 3.72. The molecule has 3 rings (SSSR count). The molecular formula is C21H22ClF3N2O2. The van der Waals surface area contributed by atoms with Gasteiger partial charge in [-0.15, -0.1) is 0 Å². The van der Waals surface area contributed by atoms with Crippen LogP contribution in [-0.4, -0.2) is 34.0 Å². The van der Waals surface area contributed by atoms with Crippen molar-refractivity contribution in [2.75, 3.05) is 13.1 Å². The molecule has 2 heterocycles.